The number of rotatable bonds is 3. The lowest BCUT2D eigenvalue weighted by Gasteiger charge is -2.04. The molecule has 0 aliphatic rings. The van der Waals surface area contributed by atoms with Crippen LogP contribution in [0.5, 0.6) is 0 Å². The Hall–Kier alpha value is -0.110. The number of hydrogen-bond acceptors (Lipinski definition) is 1. The molecule has 0 heterocycles. The highest BCUT2D eigenvalue weighted by Crippen LogP contribution is 2.07. The summed E-state index contributed by atoms with van der Waals surface area (Å²) in [6.07, 6.45) is 5.12. The van der Waals surface area contributed by atoms with Crippen LogP contribution in [0.4, 0.5) is 0 Å². The van der Waals surface area contributed by atoms with E-state index in [1.807, 2.05) is 26.1 Å². The minimum absolute atomic E-state index is 0.411. The molecule has 0 radical (unpaired) electrons. The van der Waals surface area contributed by atoms with Gasteiger partial charge in [-0.15, -0.1) is 0 Å². The molecule has 0 saturated heterocycles. The van der Waals surface area contributed by atoms with Crippen LogP contribution < -0.4 is 0 Å². The predicted molar refractivity (Wildman–Crippen MR) is 51.2 cm³/mol. The van der Waals surface area contributed by atoms with E-state index in [1.165, 1.54) is 0 Å². The first-order valence-electron chi connectivity index (χ1n) is 3.49. The van der Waals surface area contributed by atoms with E-state index in [1.54, 1.807) is 0 Å². The summed E-state index contributed by atoms with van der Waals surface area (Å²) in [5.41, 5.74) is 1.12. The molecule has 0 aliphatic carbocycles. The quantitative estimate of drug-likeness (QED) is 0.495. The second kappa shape index (κ2) is 5.66. The Morgan fingerprint density at radius 2 is 2.30 bits per heavy atom. The molecule has 0 aromatic heterocycles. The van der Waals surface area contributed by atoms with Crippen molar-refractivity contribution < 1.29 is 0 Å². The molecular formula is C8H14BrN. The van der Waals surface area contributed by atoms with E-state index in [-0.39, 0.29) is 0 Å². The van der Waals surface area contributed by atoms with Crippen molar-refractivity contribution in [3.63, 3.8) is 0 Å². The number of aliphatic imine (C=N–C) groups is 1. The molecule has 10 heavy (non-hydrogen) atoms. The van der Waals surface area contributed by atoms with Gasteiger partial charge >= 0.3 is 0 Å². The molecule has 0 amide bonds. The number of alkyl halides is 1. The summed E-state index contributed by atoms with van der Waals surface area (Å²) < 4.78 is 0. The first-order valence-corrected chi connectivity index (χ1v) is 4.41. The average molecular weight is 204 g/mol. The van der Waals surface area contributed by atoms with Crippen LogP contribution >= 0.6 is 15.9 Å². The molecule has 0 N–H and O–H groups in total. The van der Waals surface area contributed by atoms with Gasteiger partial charge in [0.1, 0.15) is 0 Å². The van der Waals surface area contributed by atoms with E-state index in [4.69, 9.17) is 0 Å². The lowest BCUT2D eigenvalue weighted by atomic mass is 10.2. The van der Waals surface area contributed by atoms with Crippen LogP contribution in [0.25, 0.3) is 0 Å². The van der Waals surface area contributed by atoms with Gasteiger partial charge in [0.15, 0.2) is 0 Å². The molecule has 0 aromatic rings. The van der Waals surface area contributed by atoms with Gasteiger partial charge in [-0.25, -0.2) is 0 Å². The third-order valence-corrected chi connectivity index (χ3v) is 2.39. The Labute approximate surface area is 71.4 Å². The minimum Gasteiger partial charge on any atom is -0.292 e. The summed E-state index contributed by atoms with van der Waals surface area (Å²) in [6.45, 7) is 4.13. The highest BCUT2D eigenvalue weighted by atomic mass is 79.9. The van der Waals surface area contributed by atoms with Crippen LogP contribution in [-0.4, -0.2) is 17.6 Å². The fourth-order valence-electron chi connectivity index (χ4n) is 0.699. The van der Waals surface area contributed by atoms with Crippen molar-refractivity contribution in [1.29, 1.82) is 0 Å². The molecule has 0 saturated carbocycles. The van der Waals surface area contributed by atoms with Gasteiger partial charge in [0.2, 0.25) is 0 Å². The second-order valence-corrected chi connectivity index (χ2v) is 3.13. The molecule has 0 bridgehead atoms. The zero-order chi connectivity index (χ0) is 7.98. The van der Waals surface area contributed by atoms with E-state index < -0.39 is 0 Å². The van der Waals surface area contributed by atoms with Crippen LogP contribution in [0.2, 0.25) is 0 Å². The van der Waals surface area contributed by atoms with Crippen molar-refractivity contribution in [1.82, 2.24) is 0 Å². The molecule has 0 aromatic carbocycles. The normalized spacial score (nSPS) is 16.2. The van der Waals surface area contributed by atoms with Crippen LogP contribution in [-0.2, 0) is 0 Å². The number of halogens is 1. The van der Waals surface area contributed by atoms with Crippen molar-refractivity contribution in [2.24, 2.45) is 4.99 Å². The van der Waals surface area contributed by atoms with Gasteiger partial charge < -0.3 is 0 Å². The molecular weight excluding hydrogens is 190 g/mol. The van der Waals surface area contributed by atoms with Crippen LogP contribution in [0.1, 0.15) is 20.3 Å². The first-order chi connectivity index (χ1) is 4.76. The van der Waals surface area contributed by atoms with E-state index in [0.717, 1.165) is 12.1 Å². The summed E-state index contributed by atoms with van der Waals surface area (Å²) in [5.74, 6) is 0. The van der Waals surface area contributed by atoms with Crippen molar-refractivity contribution >= 4 is 21.6 Å². The van der Waals surface area contributed by atoms with Gasteiger partial charge in [-0.1, -0.05) is 28.9 Å². The summed E-state index contributed by atoms with van der Waals surface area (Å²) >= 11 is 3.52. The Morgan fingerprint density at radius 3 is 2.60 bits per heavy atom. The van der Waals surface area contributed by atoms with Crippen LogP contribution in [0.3, 0.4) is 0 Å². The smallest absolute Gasteiger partial charge is 0.0560 e. The summed E-state index contributed by atoms with van der Waals surface area (Å²) in [7, 11) is 1.82. The Balaban J connectivity index is 4.08. The van der Waals surface area contributed by atoms with E-state index in [0.29, 0.717) is 4.83 Å². The predicted octanol–water partition coefficient (Wildman–Crippen LogP) is 2.81. The van der Waals surface area contributed by atoms with Crippen molar-refractivity contribution in [3.8, 4) is 0 Å². The topological polar surface area (TPSA) is 12.4 Å². The van der Waals surface area contributed by atoms with Crippen molar-refractivity contribution in [3.05, 3.63) is 12.2 Å². The second-order valence-electron chi connectivity index (χ2n) is 2.02. The van der Waals surface area contributed by atoms with Crippen LogP contribution in [0, 0.1) is 0 Å². The van der Waals surface area contributed by atoms with Gasteiger partial charge in [0.05, 0.1) is 4.83 Å². The van der Waals surface area contributed by atoms with E-state index in [9.17, 15) is 0 Å². The molecule has 1 atom stereocenters. The lowest BCUT2D eigenvalue weighted by molar-refractivity contribution is 1.02. The molecule has 0 fully saturated rings. The maximum atomic E-state index is 4.13. The Morgan fingerprint density at radius 1 is 1.70 bits per heavy atom. The zero-order valence-corrected chi connectivity index (χ0v) is 8.35. The van der Waals surface area contributed by atoms with Gasteiger partial charge in [0.25, 0.3) is 0 Å². The largest absolute Gasteiger partial charge is 0.292 e. The van der Waals surface area contributed by atoms with Gasteiger partial charge in [-0.3, -0.25) is 4.99 Å². The molecule has 58 valence electrons. The summed E-state index contributed by atoms with van der Waals surface area (Å²) in [6, 6.07) is 0. The Kier molecular flexibility index (Phi) is 5.60. The fraction of sp³-hybridized carbons (Fsp3) is 0.625. The lowest BCUT2D eigenvalue weighted by Crippen LogP contribution is -2.09. The third-order valence-electron chi connectivity index (χ3n) is 1.27. The average Bonchev–Trinajstić information content (AvgIpc) is 1.99. The molecule has 1 nitrogen and oxygen atoms in total. The molecule has 0 aliphatic heterocycles. The molecule has 2 heteroatoms. The SMILES string of the molecule is C/C=C\C(=NC)C(Br)CC. The molecule has 0 spiro atoms. The fourth-order valence-corrected chi connectivity index (χ4v) is 1.06. The van der Waals surface area contributed by atoms with Gasteiger partial charge in [0, 0.05) is 12.8 Å². The maximum Gasteiger partial charge on any atom is 0.0560 e. The minimum atomic E-state index is 0.411. The Bertz CT molecular complexity index is 138. The monoisotopic (exact) mass is 203 g/mol. The standard InChI is InChI=1S/C8H14BrN/c1-4-6-8(10-3)7(9)5-2/h4,6-7H,5H2,1-3H3/b6-4-,10-8?. The van der Waals surface area contributed by atoms with Crippen molar-refractivity contribution in [2.75, 3.05) is 7.05 Å². The van der Waals surface area contributed by atoms with Crippen LogP contribution in [0.15, 0.2) is 17.1 Å². The third kappa shape index (κ3) is 3.16. The summed E-state index contributed by atoms with van der Waals surface area (Å²) in [4.78, 5) is 4.54. The highest BCUT2D eigenvalue weighted by Gasteiger charge is 2.04. The molecule has 0 rings (SSSR count). The summed E-state index contributed by atoms with van der Waals surface area (Å²) in [5, 5.41) is 0. The highest BCUT2D eigenvalue weighted by molar-refractivity contribution is 9.10. The zero-order valence-electron chi connectivity index (χ0n) is 6.76. The van der Waals surface area contributed by atoms with Gasteiger partial charge in [-0.05, 0) is 19.4 Å². The van der Waals surface area contributed by atoms with E-state index >= 15 is 0 Å². The van der Waals surface area contributed by atoms with Crippen molar-refractivity contribution in [2.45, 2.75) is 25.1 Å². The number of nitrogens with zero attached hydrogens (tertiary/aromatic N) is 1. The van der Waals surface area contributed by atoms with E-state index in [2.05, 4.69) is 27.8 Å². The molecule has 1 unspecified atom stereocenters. The maximum absolute atomic E-state index is 4.13. The number of hydrogen-bond donors (Lipinski definition) is 0. The van der Waals surface area contributed by atoms with Gasteiger partial charge in [-0.2, -0.15) is 0 Å². The first kappa shape index (κ1) is 9.89. The number of allylic oxidation sites excluding steroid dienone is 2.